The number of aromatic nitrogens is 4. The zero-order valence-electron chi connectivity index (χ0n) is 10.6. The van der Waals surface area contributed by atoms with Crippen molar-refractivity contribution >= 4 is 0 Å². The first-order chi connectivity index (χ1) is 10.0. The standard InChI is InChI=1S/C14H9F3N4/c15-14(16,17)12-8-20-13(21-12)10-3-1-9(2-4-10)11-7-18-5-6-19-11/h1-8H,(H,20,21). The summed E-state index contributed by atoms with van der Waals surface area (Å²) in [5, 5.41) is 0. The summed E-state index contributed by atoms with van der Waals surface area (Å²) in [6, 6.07) is 6.89. The van der Waals surface area contributed by atoms with Crippen LogP contribution < -0.4 is 0 Å². The zero-order valence-corrected chi connectivity index (χ0v) is 10.6. The Morgan fingerprint density at radius 3 is 2.14 bits per heavy atom. The van der Waals surface area contributed by atoms with Gasteiger partial charge >= 0.3 is 6.18 Å². The average Bonchev–Trinajstić information content (AvgIpc) is 2.98. The molecule has 0 spiro atoms. The Labute approximate surface area is 117 Å². The van der Waals surface area contributed by atoms with Crippen LogP contribution in [-0.4, -0.2) is 19.9 Å². The van der Waals surface area contributed by atoms with Crippen molar-refractivity contribution in [2.24, 2.45) is 0 Å². The van der Waals surface area contributed by atoms with E-state index in [0.717, 1.165) is 11.8 Å². The first kappa shape index (κ1) is 13.3. The minimum atomic E-state index is -4.43. The fourth-order valence-electron chi connectivity index (χ4n) is 1.86. The smallest absolute Gasteiger partial charge is 0.334 e. The molecule has 0 fully saturated rings. The van der Waals surface area contributed by atoms with Gasteiger partial charge in [0.15, 0.2) is 0 Å². The lowest BCUT2D eigenvalue weighted by Gasteiger charge is -2.03. The van der Waals surface area contributed by atoms with Gasteiger partial charge in [-0.1, -0.05) is 24.3 Å². The molecule has 0 saturated heterocycles. The van der Waals surface area contributed by atoms with Crippen molar-refractivity contribution in [1.29, 1.82) is 0 Å². The van der Waals surface area contributed by atoms with Crippen LogP contribution in [0.4, 0.5) is 13.2 Å². The van der Waals surface area contributed by atoms with Gasteiger partial charge in [-0.15, -0.1) is 0 Å². The van der Waals surface area contributed by atoms with Crippen LogP contribution in [0.3, 0.4) is 0 Å². The number of H-pyrrole nitrogens is 1. The molecule has 3 rings (SSSR count). The molecular formula is C14H9F3N4. The topological polar surface area (TPSA) is 54.5 Å². The number of nitrogens with zero attached hydrogens (tertiary/aromatic N) is 3. The van der Waals surface area contributed by atoms with E-state index in [0.29, 0.717) is 11.3 Å². The van der Waals surface area contributed by atoms with Gasteiger partial charge in [-0.2, -0.15) is 13.2 Å². The molecule has 21 heavy (non-hydrogen) atoms. The first-order valence-corrected chi connectivity index (χ1v) is 6.03. The third kappa shape index (κ3) is 2.76. The van der Waals surface area contributed by atoms with Gasteiger partial charge in [0.05, 0.1) is 18.1 Å². The van der Waals surface area contributed by atoms with Gasteiger partial charge in [-0.05, 0) is 0 Å². The van der Waals surface area contributed by atoms with Gasteiger partial charge in [0.1, 0.15) is 11.5 Å². The molecule has 1 N–H and O–H groups in total. The highest BCUT2D eigenvalue weighted by atomic mass is 19.4. The number of hydrogen-bond donors (Lipinski definition) is 1. The van der Waals surface area contributed by atoms with Crippen molar-refractivity contribution in [2.45, 2.75) is 6.18 Å². The highest BCUT2D eigenvalue weighted by molar-refractivity contribution is 5.64. The number of halogens is 3. The van der Waals surface area contributed by atoms with Gasteiger partial charge in [0.2, 0.25) is 0 Å². The maximum Gasteiger partial charge on any atom is 0.432 e. The molecule has 2 heterocycles. The fraction of sp³-hybridized carbons (Fsp3) is 0.0714. The van der Waals surface area contributed by atoms with Crippen molar-refractivity contribution in [3.63, 3.8) is 0 Å². The molecule has 0 unspecified atom stereocenters. The van der Waals surface area contributed by atoms with Crippen LogP contribution in [0.5, 0.6) is 0 Å². The minimum Gasteiger partial charge on any atom is -0.334 e. The van der Waals surface area contributed by atoms with Crippen LogP contribution in [0.1, 0.15) is 5.69 Å². The lowest BCUT2D eigenvalue weighted by molar-refractivity contribution is -0.140. The van der Waals surface area contributed by atoms with Crippen LogP contribution in [0, 0.1) is 0 Å². The van der Waals surface area contributed by atoms with E-state index in [1.807, 2.05) is 0 Å². The molecule has 0 aliphatic heterocycles. The summed E-state index contributed by atoms with van der Waals surface area (Å²) >= 11 is 0. The highest BCUT2D eigenvalue weighted by Gasteiger charge is 2.33. The molecule has 0 amide bonds. The molecule has 106 valence electrons. The minimum absolute atomic E-state index is 0.174. The summed E-state index contributed by atoms with van der Waals surface area (Å²) in [5.74, 6) is 0.174. The number of nitrogens with one attached hydrogen (secondary N) is 1. The molecule has 0 aliphatic carbocycles. The second-order valence-corrected chi connectivity index (χ2v) is 4.31. The molecule has 0 bridgehead atoms. The number of benzene rings is 1. The van der Waals surface area contributed by atoms with Crippen LogP contribution in [0.2, 0.25) is 0 Å². The fourth-order valence-corrected chi connectivity index (χ4v) is 1.86. The number of hydrogen-bond acceptors (Lipinski definition) is 3. The predicted octanol–water partition coefficient (Wildman–Crippen LogP) is 3.55. The largest absolute Gasteiger partial charge is 0.432 e. The van der Waals surface area contributed by atoms with Crippen LogP contribution in [0.15, 0.2) is 49.1 Å². The second-order valence-electron chi connectivity index (χ2n) is 4.31. The Hall–Kier alpha value is -2.70. The second kappa shape index (κ2) is 5.01. The van der Waals surface area contributed by atoms with Crippen molar-refractivity contribution in [1.82, 2.24) is 19.9 Å². The molecule has 4 nitrogen and oxygen atoms in total. The summed E-state index contributed by atoms with van der Waals surface area (Å²) in [7, 11) is 0. The van der Waals surface area contributed by atoms with Gasteiger partial charge in [-0.25, -0.2) is 4.98 Å². The molecule has 7 heteroatoms. The summed E-state index contributed by atoms with van der Waals surface area (Å²) in [5.41, 5.74) is 1.22. The van der Waals surface area contributed by atoms with E-state index in [2.05, 4.69) is 19.9 Å². The molecule has 3 aromatic rings. The summed E-state index contributed by atoms with van der Waals surface area (Å²) < 4.78 is 37.5. The lowest BCUT2D eigenvalue weighted by atomic mass is 10.1. The van der Waals surface area contributed by atoms with Crippen LogP contribution in [0.25, 0.3) is 22.6 Å². The van der Waals surface area contributed by atoms with Gasteiger partial charge in [0, 0.05) is 23.5 Å². The monoisotopic (exact) mass is 290 g/mol. The SMILES string of the molecule is FC(F)(F)c1cnc(-c2ccc(-c3cnccn3)cc2)[nH]1. The highest BCUT2D eigenvalue weighted by Crippen LogP contribution is 2.29. The Morgan fingerprint density at radius 2 is 1.57 bits per heavy atom. The maximum atomic E-state index is 12.5. The normalized spacial score (nSPS) is 11.6. The quantitative estimate of drug-likeness (QED) is 0.785. The number of imidazole rings is 1. The molecule has 0 atom stereocenters. The molecule has 2 aromatic heterocycles. The number of aromatic amines is 1. The summed E-state index contributed by atoms with van der Waals surface area (Å²) in [6.45, 7) is 0. The van der Waals surface area contributed by atoms with Gasteiger partial charge in [-0.3, -0.25) is 9.97 Å². The molecule has 1 aromatic carbocycles. The van der Waals surface area contributed by atoms with Gasteiger partial charge in [0.25, 0.3) is 0 Å². The van der Waals surface area contributed by atoms with E-state index < -0.39 is 11.9 Å². The summed E-state index contributed by atoms with van der Waals surface area (Å²) in [4.78, 5) is 14.1. The Morgan fingerprint density at radius 1 is 0.857 bits per heavy atom. The third-order valence-electron chi connectivity index (χ3n) is 2.90. The molecule has 0 saturated carbocycles. The van der Waals surface area contributed by atoms with E-state index in [9.17, 15) is 13.2 Å². The van der Waals surface area contributed by atoms with Crippen molar-refractivity contribution < 1.29 is 13.2 Å². The number of rotatable bonds is 2. The van der Waals surface area contributed by atoms with Crippen molar-refractivity contribution in [3.05, 3.63) is 54.7 Å². The predicted molar refractivity (Wildman–Crippen MR) is 70.1 cm³/mol. The molecular weight excluding hydrogens is 281 g/mol. The van der Waals surface area contributed by atoms with E-state index in [4.69, 9.17) is 0 Å². The Balaban J connectivity index is 1.89. The summed E-state index contributed by atoms with van der Waals surface area (Å²) in [6.07, 6.45) is 1.12. The maximum absolute atomic E-state index is 12.5. The third-order valence-corrected chi connectivity index (χ3v) is 2.90. The van der Waals surface area contributed by atoms with Crippen molar-refractivity contribution in [3.8, 4) is 22.6 Å². The van der Waals surface area contributed by atoms with Crippen LogP contribution >= 0.6 is 0 Å². The zero-order chi connectivity index (χ0) is 14.9. The van der Waals surface area contributed by atoms with Crippen molar-refractivity contribution in [2.75, 3.05) is 0 Å². The van der Waals surface area contributed by atoms with E-state index in [1.54, 1.807) is 42.9 Å². The van der Waals surface area contributed by atoms with E-state index in [1.165, 1.54) is 0 Å². The lowest BCUT2D eigenvalue weighted by Crippen LogP contribution is -2.04. The Kier molecular flexibility index (Phi) is 3.17. The molecule has 0 aliphatic rings. The average molecular weight is 290 g/mol. The Bertz CT molecular complexity index is 733. The number of alkyl halides is 3. The first-order valence-electron chi connectivity index (χ1n) is 6.03. The van der Waals surface area contributed by atoms with E-state index in [-0.39, 0.29) is 5.82 Å². The van der Waals surface area contributed by atoms with E-state index >= 15 is 0 Å². The molecule has 0 radical (unpaired) electrons. The van der Waals surface area contributed by atoms with Gasteiger partial charge < -0.3 is 4.98 Å². The van der Waals surface area contributed by atoms with Crippen LogP contribution in [-0.2, 0) is 6.18 Å².